The van der Waals surface area contributed by atoms with Gasteiger partial charge in [-0.2, -0.15) is 0 Å². The maximum absolute atomic E-state index is 12.9. The minimum Gasteiger partial charge on any atom is -0.467 e. The Morgan fingerprint density at radius 2 is 1.59 bits per heavy atom. The zero-order valence-corrected chi connectivity index (χ0v) is 16.0. The summed E-state index contributed by atoms with van der Waals surface area (Å²) in [4.78, 5) is 51.9. The van der Waals surface area contributed by atoms with Crippen molar-refractivity contribution in [2.45, 2.75) is 38.3 Å². The Hall–Kier alpha value is -2.90. The minimum absolute atomic E-state index is 0.270. The zero-order valence-electron chi connectivity index (χ0n) is 16.0. The molecule has 1 aliphatic heterocycles. The van der Waals surface area contributed by atoms with E-state index >= 15 is 0 Å². The molecule has 1 heterocycles. The van der Waals surface area contributed by atoms with Gasteiger partial charge in [0, 0.05) is 12.0 Å². The lowest BCUT2D eigenvalue weighted by Gasteiger charge is -2.37. The third-order valence-electron chi connectivity index (χ3n) is 4.19. The van der Waals surface area contributed by atoms with E-state index in [0.29, 0.717) is 11.1 Å². The molecule has 1 aromatic carbocycles. The minimum atomic E-state index is -2.17. The number of carbonyl (C=O) groups is 4. The van der Waals surface area contributed by atoms with Gasteiger partial charge in [-0.3, -0.25) is 9.69 Å². The fourth-order valence-electron chi connectivity index (χ4n) is 3.00. The summed E-state index contributed by atoms with van der Waals surface area (Å²) >= 11 is 0. The number of ether oxygens (including phenoxy) is 3. The van der Waals surface area contributed by atoms with Crippen LogP contribution in [-0.4, -0.2) is 60.6 Å². The van der Waals surface area contributed by atoms with Gasteiger partial charge in [-0.25, -0.2) is 14.4 Å². The highest BCUT2D eigenvalue weighted by molar-refractivity contribution is 6.11. The molecule has 0 aliphatic carbocycles. The van der Waals surface area contributed by atoms with Crippen LogP contribution in [-0.2, 0) is 30.2 Å². The van der Waals surface area contributed by atoms with E-state index in [1.165, 1.54) is 0 Å². The average Bonchev–Trinajstić information content (AvgIpc) is 2.74. The number of nitrogens with zero attached hydrogens (tertiary/aromatic N) is 1. The van der Waals surface area contributed by atoms with Gasteiger partial charge < -0.3 is 14.2 Å². The summed E-state index contributed by atoms with van der Waals surface area (Å²) in [7, 11) is 2.19. The van der Waals surface area contributed by atoms with Crippen molar-refractivity contribution < 1.29 is 33.4 Å². The van der Waals surface area contributed by atoms with Crippen LogP contribution in [0.1, 0.15) is 36.7 Å². The first-order valence-corrected chi connectivity index (χ1v) is 8.35. The number of hydrogen-bond acceptors (Lipinski definition) is 7. The number of Topliss-reactive ketones (excluding diaryl/α,β-unsaturated/α-hetero) is 1. The van der Waals surface area contributed by atoms with Crippen LogP contribution in [0.3, 0.4) is 0 Å². The maximum Gasteiger partial charge on any atom is 0.412 e. The summed E-state index contributed by atoms with van der Waals surface area (Å²) < 4.78 is 15.0. The number of ketones is 1. The monoisotopic (exact) mass is 377 g/mol. The highest BCUT2D eigenvalue weighted by Crippen LogP contribution is 2.32. The van der Waals surface area contributed by atoms with E-state index in [1.54, 1.807) is 45.0 Å². The van der Waals surface area contributed by atoms with E-state index in [1.807, 2.05) is 0 Å². The molecule has 0 aromatic heterocycles. The van der Waals surface area contributed by atoms with Crippen molar-refractivity contribution in [2.24, 2.45) is 0 Å². The normalized spacial score (nSPS) is 16.0. The third kappa shape index (κ3) is 3.79. The SMILES string of the molecule is COC(=O)C1(C(=O)OC)Cc2ccccc2C(=O)CN1C(=O)OC(C)(C)C. The second-order valence-corrected chi connectivity index (χ2v) is 7.17. The first-order chi connectivity index (χ1) is 12.6. The number of esters is 2. The van der Waals surface area contributed by atoms with Crippen molar-refractivity contribution in [1.82, 2.24) is 4.90 Å². The van der Waals surface area contributed by atoms with Gasteiger partial charge in [0.1, 0.15) is 5.60 Å². The second-order valence-electron chi connectivity index (χ2n) is 7.17. The maximum atomic E-state index is 12.9. The average molecular weight is 377 g/mol. The summed E-state index contributed by atoms with van der Waals surface area (Å²) in [6, 6.07) is 6.54. The molecule has 0 saturated heterocycles. The predicted octanol–water partition coefficient (Wildman–Crippen LogP) is 1.75. The molecular formula is C19H23NO7. The van der Waals surface area contributed by atoms with Crippen LogP contribution in [0.2, 0.25) is 0 Å². The van der Waals surface area contributed by atoms with Crippen LogP contribution in [0.15, 0.2) is 24.3 Å². The summed E-state index contributed by atoms with van der Waals surface area (Å²) in [5.74, 6) is -2.44. The molecule has 0 saturated carbocycles. The van der Waals surface area contributed by atoms with Gasteiger partial charge in [0.05, 0.1) is 20.8 Å². The lowest BCUT2D eigenvalue weighted by Crippen LogP contribution is -2.65. The summed E-state index contributed by atoms with van der Waals surface area (Å²) in [5.41, 5.74) is -2.32. The van der Waals surface area contributed by atoms with Gasteiger partial charge in [0.15, 0.2) is 5.78 Å². The smallest absolute Gasteiger partial charge is 0.412 e. The quantitative estimate of drug-likeness (QED) is 0.440. The van der Waals surface area contributed by atoms with Gasteiger partial charge >= 0.3 is 18.0 Å². The fraction of sp³-hybridized carbons (Fsp3) is 0.474. The Kier molecular flexibility index (Phi) is 5.58. The van der Waals surface area contributed by atoms with Crippen LogP contribution in [0.5, 0.6) is 0 Å². The lowest BCUT2D eigenvalue weighted by atomic mass is 9.88. The predicted molar refractivity (Wildman–Crippen MR) is 94.2 cm³/mol. The van der Waals surface area contributed by atoms with Gasteiger partial charge in [-0.05, 0) is 26.3 Å². The standard InChI is InChI=1S/C19H23NO7/c1-18(2,3)27-17(24)20-11-14(21)13-9-7-6-8-12(13)10-19(20,15(22)25-4)16(23)26-5/h6-9H,10-11H2,1-5H3. The van der Waals surface area contributed by atoms with Gasteiger partial charge in [0.2, 0.25) is 5.54 Å². The van der Waals surface area contributed by atoms with E-state index in [4.69, 9.17) is 14.2 Å². The molecule has 8 nitrogen and oxygen atoms in total. The van der Waals surface area contributed by atoms with E-state index in [9.17, 15) is 19.2 Å². The Morgan fingerprint density at radius 3 is 2.11 bits per heavy atom. The Labute approximate surface area is 157 Å². The molecule has 146 valence electrons. The summed E-state index contributed by atoms with van der Waals surface area (Å²) in [6.45, 7) is 4.38. The molecule has 0 spiro atoms. The molecule has 0 bridgehead atoms. The number of benzene rings is 1. The van der Waals surface area contributed by atoms with Crippen LogP contribution in [0.4, 0.5) is 4.79 Å². The Balaban J connectivity index is 2.70. The summed E-state index contributed by atoms with van der Waals surface area (Å²) in [5, 5.41) is 0. The molecule has 0 unspecified atom stereocenters. The van der Waals surface area contributed by atoms with Crippen LogP contribution in [0.25, 0.3) is 0 Å². The number of hydrogen-bond donors (Lipinski definition) is 0. The first kappa shape index (κ1) is 20.4. The Bertz CT molecular complexity index is 763. The number of rotatable bonds is 2. The Morgan fingerprint density at radius 1 is 1.04 bits per heavy atom. The van der Waals surface area contributed by atoms with Crippen molar-refractivity contribution in [3.8, 4) is 0 Å². The van der Waals surface area contributed by atoms with Crippen LogP contribution in [0, 0.1) is 0 Å². The number of fused-ring (bicyclic) bond motifs is 1. The van der Waals surface area contributed by atoms with Crippen LogP contribution >= 0.6 is 0 Å². The van der Waals surface area contributed by atoms with Crippen molar-refractivity contribution in [3.05, 3.63) is 35.4 Å². The van der Waals surface area contributed by atoms with Gasteiger partial charge in [0.25, 0.3) is 0 Å². The van der Waals surface area contributed by atoms with E-state index in [-0.39, 0.29) is 6.42 Å². The molecule has 0 radical (unpaired) electrons. The van der Waals surface area contributed by atoms with Crippen molar-refractivity contribution in [3.63, 3.8) is 0 Å². The highest BCUT2D eigenvalue weighted by atomic mass is 16.6. The van der Waals surface area contributed by atoms with Gasteiger partial charge in [-0.1, -0.05) is 24.3 Å². The van der Waals surface area contributed by atoms with Gasteiger partial charge in [-0.15, -0.1) is 0 Å². The molecule has 1 aromatic rings. The molecule has 8 heteroatoms. The van der Waals surface area contributed by atoms with E-state index < -0.39 is 41.5 Å². The van der Waals surface area contributed by atoms with Crippen LogP contribution < -0.4 is 0 Å². The largest absolute Gasteiger partial charge is 0.467 e. The number of amides is 1. The molecule has 0 N–H and O–H groups in total. The fourth-order valence-corrected chi connectivity index (χ4v) is 3.00. The zero-order chi connectivity index (χ0) is 20.4. The molecule has 1 aliphatic rings. The molecule has 1 amide bonds. The molecule has 0 atom stereocenters. The molecule has 27 heavy (non-hydrogen) atoms. The van der Waals surface area contributed by atoms with Crippen molar-refractivity contribution in [2.75, 3.05) is 20.8 Å². The molecule has 0 fully saturated rings. The number of methoxy groups -OCH3 is 2. The first-order valence-electron chi connectivity index (χ1n) is 8.35. The third-order valence-corrected chi connectivity index (χ3v) is 4.19. The summed E-state index contributed by atoms with van der Waals surface area (Å²) in [6.07, 6.45) is -1.26. The van der Waals surface area contributed by atoms with Crippen molar-refractivity contribution >= 4 is 23.8 Å². The topological polar surface area (TPSA) is 99.2 Å². The molecular weight excluding hydrogens is 354 g/mol. The lowest BCUT2D eigenvalue weighted by molar-refractivity contribution is -0.171. The second kappa shape index (κ2) is 7.38. The van der Waals surface area contributed by atoms with Crippen molar-refractivity contribution in [1.29, 1.82) is 0 Å². The highest BCUT2D eigenvalue weighted by Gasteiger charge is 2.58. The van der Waals surface area contributed by atoms with E-state index in [2.05, 4.69) is 0 Å². The molecule has 2 rings (SSSR count). The van der Waals surface area contributed by atoms with E-state index in [0.717, 1.165) is 19.1 Å². The number of carbonyl (C=O) groups excluding carboxylic acids is 4.